The van der Waals surface area contributed by atoms with Crippen LogP contribution in [0.5, 0.6) is 0 Å². The highest BCUT2D eigenvalue weighted by molar-refractivity contribution is 7.09. The number of hydrogen-bond acceptors (Lipinski definition) is 4. The lowest BCUT2D eigenvalue weighted by molar-refractivity contribution is -0.136. The maximum Gasteiger partial charge on any atom is 0.309 e. The van der Waals surface area contributed by atoms with Gasteiger partial charge in [-0.2, -0.15) is 0 Å². The molecule has 1 N–H and O–H groups in total. The molecular formula is C11H16N2O2S. The minimum atomic E-state index is -0.808. The predicted molar refractivity (Wildman–Crippen MR) is 62.9 cm³/mol. The number of aliphatic carboxylic acids is 1. The molecule has 88 valence electrons. The Balaban J connectivity index is 2.03. The molecule has 0 bridgehead atoms. The summed E-state index contributed by atoms with van der Waals surface area (Å²) in [6.07, 6.45) is 2.42. The average molecular weight is 240 g/mol. The number of piperidine rings is 1. The van der Waals surface area contributed by atoms with Gasteiger partial charge in [-0.3, -0.25) is 4.79 Å². The zero-order chi connectivity index (χ0) is 11.5. The van der Waals surface area contributed by atoms with Gasteiger partial charge in [-0.1, -0.05) is 0 Å². The van der Waals surface area contributed by atoms with Crippen molar-refractivity contribution < 1.29 is 9.90 Å². The van der Waals surface area contributed by atoms with Crippen molar-refractivity contribution in [2.75, 3.05) is 20.1 Å². The summed E-state index contributed by atoms with van der Waals surface area (Å²) < 4.78 is 0. The molecule has 1 unspecified atom stereocenters. The quantitative estimate of drug-likeness (QED) is 0.871. The Morgan fingerprint density at radius 2 is 2.56 bits per heavy atom. The Bertz CT molecular complexity index is 378. The standard InChI is InChI=1S/C11H16N2O2S/c1-13-4-2-3-8(6-13)11-12-9(7-16-11)5-10(14)15/h7-8H,2-6H2,1H3,(H,14,15). The SMILES string of the molecule is CN1CCCC(c2nc(CC(=O)O)cs2)C1. The molecule has 2 heterocycles. The van der Waals surface area contributed by atoms with Gasteiger partial charge in [0, 0.05) is 17.8 Å². The number of carboxylic acid groups (broad SMARTS) is 1. The summed E-state index contributed by atoms with van der Waals surface area (Å²) in [6, 6.07) is 0. The van der Waals surface area contributed by atoms with E-state index in [0.29, 0.717) is 11.6 Å². The molecule has 4 nitrogen and oxygen atoms in total. The monoisotopic (exact) mass is 240 g/mol. The van der Waals surface area contributed by atoms with E-state index in [1.54, 1.807) is 11.3 Å². The highest BCUT2D eigenvalue weighted by atomic mass is 32.1. The topological polar surface area (TPSA) is 53.4 Å². The molecule has 1 atom stereocenters. The fraction of sp³-hybridized carbons (Fsp3) is 0.636. The highest BCUT2D eigenvalue weighted by Crippen LogP contribution is 2.28. The van der Waals surface area contributed by atoms with Crippen LogP contribution in [0.3, 0.4) is 0 Å². The molecule has 1 aliphatic rings. The first-order valence-corrected chi connectivity index (χ1v) is 6.38. The van der Waals surface area contributed by atoms with Crippen LogP contribution in [0.25, 0.3) is 0 Å². The minimum absolute atomic E-state index is 0.0407. The van der Waals surface area contributed by atoms with Gasteiger partial charge in [0.05, 0.1) is 17.1 Å². The molecule has 2 rings (SSSR count). The number of likely N-dealkylation sites (N-methyl/N-ethyl adjacent to an activating group) is 1. The Kier molecular flexibility index (Phi) is 3.56. The van der Waals surface area contributed by atoms with Crippen LogP contribution >= 0.6 is 11.3 Å². The lowest BCUT2D eigenvalue weighted by atomic mass is 9.99. The van der Waals surface area contributed by atoms with E-state index in [1.807, 2.05) is 5.38 Å². The molecule has 1 aromatic rings. The predicted octanol–water partition coefficient (Wildman–Crippen LogP) is 1.58. The van der Waals surface area contributed by atoms with Gasteiger partial charge in [0.15, 0.2) is 0 Å². The first-order valence-electron chi connectivity index (χ1n) is 5.50. The minimum Gasteiger partial charge on any atom is -0.481 e. The van der Waals surface area contributed by atoms with E-state index in [2.05, 4.69) is 16.9 Å². The van der Waals surface area contributed by atoms with Gasteiger partial charge < -0.3 is 10.0 Å². The van der Waals surface area contributed by atoms with E-state index < -0.39 is 5.97 Å². The van der Waals surface area contributed by atoms with Crippen LogP contribution in [0.4, 0.5) is 0 Å². The Morgan fingerprint density at radius 1 is 1.75 bits per heavy atom. The Hall–Kier alpha value is -0.940. The Labute approximate surface area is 98.9 Å². The number of hydrogen-bond donors (Lipinski definition) is 1. The molecule has 16 heavy (non-hydrogen) atoms. The van der Waals surface area contributed by atoms with E-state index in [9.17, 15) is 4.79 Å². The molecule has 0 radical (unpaired) electrons. The summed E-state index contributed by atoms with van der Waals surface area (Å²) in [6.45, 7) is 2.20. The van der Waals surface area contributed by atoms with E-state index in [0.717, 1.165) is 18.1 Å². The van der Waals surface area contributed by atoms with Gasteiger partial charge in [0.25, 0.3) is 0 Å². The van der Waals surface area contributed by atoms with Crippen LogP contribution in [0.15, 0.2) is 5.38 Å². The number of rotatable bonds is 3. The first kappa shape index (κ1) is 11.5. The first-order chi connectivity index (χ1) is 7.65. The van der Waals surface area contributed by atoms with Gasteiger partial charge >= 0.3 is 5.97 Å². The lowest BCUT2D eigenvalue weighted by Crippen LogP contribution is -2.30. The van der Waals surface area contributed by atoms with Crippen molar-refractivity contribution in [3.63, 3.8) is 0 Å². The average Bonchev–Trinajstić information content (AvgIpc) is 2.65. The molecule has 0 amide bonds. The largest absolute Gasteiger partial charge is 0.481 e. The number of carbonyl (C=O) groups is 1. The van der Waals surface area contributed by atoms with Crippen LogP contribution in [0.1, 0.15) is 29.5 Å². The van der Waals surface area contributed by atoms with Crippen molar-refractivity contribution in [3.05, 3.63) is 16.1 Å². The molecule has 0 aromatic carbocycles. The summed E-state index contributed by atoms with van der Waals surface area (Å²) >= 11 is 1.60. The maximum absolute atomic E-state index is 10.6. The fourth-order valence-electron chi connectivity index (χ4n) is 2.11. The highest BCUT2D eigenvalue weighted by Gasteiger charge is 2.21. The summed E-state index contributed by atoms with van der Waals surface area (Å²) in [7, 11) is 2.12. The number of carboxylic acids is 1. The Morgan fingerprint density at radius 3 is 3.25 bits per heavy atom. The summed E-state index contributed by atoms with van der Waals surface area (Å²) in [4.78, 5) is 17.3. The van der Waals surface area contributed by atoms with E-state index in [1.165, 1.54) is 12.8 Å². The van der Waals surface area contributed by atoms with Crippen molar-refractivity contribution in [2.45, 2.75) is 25.2 Å². The molecule has 1 aliphatic heterocycles. The van der Waals surface area contributed by atoms with Crippen LogP contribution in [-0.2, 0) is 11.2 Å². The second kappa shape index (κ2) is 4.93. The molecular weight excluding hydrogens is 224 g/mol. The second-order valence-electron chi connectivity index (χ2n) is 4.35. The number of aromatic nitrogens is 1. The van der Waals surface area contributed by atoms with Crippen molar-refractivity contribution in [3.8, 4) is 0 Å². The molecule has 0 saturated carbocycles. The zero-order valence-corrected chi connectivity index (χ0v) is 10.2. The third kappa shape index (κ3) is 2.80. The molecule has 0 aliphatic carbocycles. The lowest BCUT2D eigenvalue weighted by Gasteiger charge is -2.28. The number of likely N-dealkylation sites (tertiary alicyclic amines) is 1. The van der Waals surface area contributed by atoms with E-state index in [4.69, 9.17) is 5.11 Å². The van der Waals surface area contributed by atoms with Crippen LogP contribution in [0, 0.1) is 0 Å². The second-order valence-corrected chi connectivity index (χ2v) is 5.24. The summed E-state index contributed by atoms with van der Waals surface area (Å²) in [5.41, 5.74) is 0.695. The van der Waals surface area contributed by atoms with E-state index >= 15 is 0 Å². The van der Waals surface area contributed by atoms with Crippen LogP contribution in [-0.4, -0.2) is 41.1 Å². The smallest absolute Gasteiger partial charge is 0.309 e. The van der Waals surface area contributed by atoms with Gasteiger partial charge in [0.2, 0.25) is 0 Å². The third-order valence-electron chi connectivity index (χ3n) is 2.88. The van der Waals surface area contributed by atoms with Crippen molar-refractivity contribution in [2.24, 2.45) is 0 Å². The van der Waals surface area contributed by atoms with Crippen molar-refractivity contribution in [1.29, 1.82) is 0 Å². The third-order valence-corrected chi connectivity index (χ3v) is 3.93. The normalized spacial score (nSPS) is 22.2. The van der Waals surface area contributed by atoms with Gasteiger partial charge in [-0.05, 0) is 26.4 Å². The number of thiazole rings is 1. The molecule has 0 spiro atoms. The van der Waals surface area contributed by atoms with Crippen LogP contribution in [0.2, 0.25) is 0 Å². The maximum atomic E-state index is 10.6. The van der Waals surface area contributed by atoms with Gasteiger partial charge in [0.1, 0.15) is 0 Å². The molecule has 1 aromatic heterocycles. The molecule has 1 fully saturated rings. The molecule has 5 heteroatoms. The number of nitrogens with zero attached hydrogens (tertiary/aromatic N) is 2. The summed E-state index contributed by atoms with van der Waals surface area (Å²) in [5.74, 6) is -0.316. The van der Waals surface area contributed by atoms with Crippen LogP contribution < -0.4 is 0 Å². The summed E-state index contributed by atoms with van der Waals surface area (Å²) in [5, 5.41) is 11.7. The van der Waals surface area contributed by atoms with Crippen molar-refractivity contribution >= 4 is 17.3 Å². The zero-order valence-electron chi connectivity index (χ0n) is 9.35. The van der Waals surface area contributed by atoms with Gasteiger partial charge in [-0.25, -0.2) is 4.98 Å². The van der Waals surface area contributed by atoms with Gasteiger partial charge in [-0.15, -0.1) is 11.3 Å². The molecule has 1 saturated heterocycles. The van der Waals surface area contributed by atoms with E-state index in [-0.39, 0.29) is 6.42 Å². The fourth-order valence-corrected chi connectivity index (χ4v) is 3.06. The van der Waals surface area contributed by atoms with Crippen molar-refractivity contribution in [1.82, 2.24) is 9.88 Å².